The van der Waals surface area contributed by atoms with Crippen molar-refractivity contribution in [2.24, 2.45) is 0 Å². The molecule has 32 heavy (non-hydrogen) atoms. The number of carboxylic acids is 1. The van der Waals surface area contributed by atoms with Gasteiger partial charge in [0.05, 0.1) is 14.2 Å². The quantitative estimate of drug-likeness (QED) is 0.563. The summed E-state index contributed by atoms with van der Waals surface area (Å²) in [6, 6.07) is 7.84. The minimum Gasteiger partial charge on any atom is -0.496 e. The van der Waals surface area contributed by atoms with E-state index in [1.807, 2.05) is 12.1 Å². The molecule has 4 bridgehead atoms. The van der Waals surface area contributed by atoms with Crippen LogP contribution in [0.1, 0.15) is 24.1 Å². The Labute approximate surface area is 186 Å². The van der Waals surface area contributed by atoms with Gasteiger partial charge in [0, 0.05) is 17.5 Å². The number of methoxy groups -OCH3 is 2. The first-order valence-electron chi connectivity index (χ1n) is 10.1. The Bertz CT molecular complexity index is 1040. The lowest BCUT2D eigenvalue weighted by molar-refractivity contribution is -0.142. The fraction of sp³-hybridized carbons (Fsp3) is 0.348. The third-order valence-corrected chi connectivity index (χ3v) is 5.47. The number of hydrogen-bond acceptors (Lipinski definition) is 6. The standard InChI is InChI=1S/C23H27N3O6/c1-12-21(27)26-17(23(29)30)10-13-5-7-18(31-3)15(9-13)16-11-14(6-8-19(16)32-4)20(24-2)22(28)25-12/h5-9,11-12,17,20,24H,10H2,1-4H3,(H,25,28)(H,26,27)(H,29,30)/t12-,17-,20-/m0/s1. The van der Waals surface area contributed by atoms with E-state index in [2.05, 4.69) is 16.0 Å². The average molecular weight is 441 g/mol. The number of carboxylic acid groups (broad SMARTS) is 1. The molecule has 2 aromatic carbocycles. The zero-order valence-electron chi connectivity index (χ0n) is 18.4. The molecule has 0 aliphatic carbocycles. The summed E-state index contributed by atoms with van der Waals surface area (Å²) in [5.41, 5.74) is 2.74. The van der Waals surface area contributed by atoms with Gasteiger partial charge in [0.25, 0.3) is 0 Å². The highest BCUT2D eigenvalue weighted by atomic mass is 16.5. The number of aliphatic carboxylic acids is 1. The molecule has 1 aliphatic rings. The van der Waals surface area contributed by atoms with Crippen molar-refractivity contribution in [3.05, 3.63) is 47.5 Å². The van der Waals surface area contributed by atoms with E-state index >= 15 is 0 Å². The van der Waals surface area contributed by atoms with Gasteiger partial charge in [-0.1, -0.05) is 12.1 Å². The van der Waals surface area contributed by atoms with E-state index in [1.165, 1.54) is 6.92 Å². The minimum atomic E-state index is -1.17. The van der Waals surface area contributed by atoms with Gasteiger partial charge in [-0.15, -0.1) is 0 Å². The summed E-state index contributed by atoms with van der Waals surface area (Å²) in [6.45, 7) is 1.51. The number of amides is 2. The Morgan fingerprint density at radius 1 is 1.00 bits per heavy atom. The molecule has 3 atom stereocenters. The van der Waals surface area contributed by atoms with Crippen LogP contribution in [0.4, 0.5) is 0 Å². The maximum absolute atomic E-state index is 12.9. The lowest BCUT2D eigenvalue weighted by Gasteiger charge is -2.24. The third-order valence-electron chi connectivity index (χ3n) is 5.47. The first-order chi connectivity index (χ1) is 15.3. The van der Waals surface area contributed by atoms with E-state index in [4.69, 9.17) is 9.47 Å². The van der Waals surface area contributed by atoms with Gasteiger partial charge in [-0.25, -0.2) is 4.79 Å². The predicted octanol–water partition coefficient (Wildman–Crippen LogP) is 1.26. The van der Waals surface area contributed by atoms with E-state index in [-0.39, 0.29) is 6.42 Å². The monoisotopic (exact) mass is 441 g/mol. The maximum Gasteiger partial charge on any atom is 0.326 e. The summed E-state index contributed by atoms with van der Waals surface area (Å²) in [5.74, 6) is -1.04. The summed E-state index contributed by atoms with van der Waals surface area (Å²) in [6.07, 6.45) is 0.0554. The Morgan fingerprint density at radius 3 is 2.22 bits per heavy atom. The maximum atomic E-state index is 12.9. The number of benzene rings is 2. The van der Waals surface area contributed by atoms with Crippen LogP contribution in [0.2, 0.25) is 0 Å². The molecule has 9 nitrogen and oxygen atoms in total. The van der Waals surface area contributed by atoms with Gasteiger partial charge < -0.3 is 30.5 Å². The second-order valence-corrected chi connectivity index (χ2v) is 7.55. The zero-order chi connectivity index (χ0) is 23.4. The normalized spacial score (nSPS) is 21.1. The van der Waals surface area contributed by atoms with Crippen molar-refractivity contribution in [2.45, 2.75) is 31.5 Å². The molecule has 1 heterocycles. The molecule has 0 saturated carbocycles. The van der Waals surface area contributed by atoms with Gasteiger partial charge in [0.1, 0.15) is 29.6 Å². The fourth-order valence-corrected chi connectivity index (χ4v) is 3.75. The second kappa shape index (κ2) is 9.69. The Balaban J connectivity index is 2.24. The van der Waals surface area contributed by atoms with E-state index in [9.17, 15) is 19.5 Å². The molecule has 0 spiro atoms. The molecule has 2 aromatic rings. The molecule has 2 amide bonds. The Hall–Kier alpha value is -3.59. The number of rotatable bonds is 4. The molecule has 0 saturated heterocycles. The van der Waals surface area contributed by atoms with Crippen LogP contribution in [0.3, 0.4) is 0 Å². The largest absolute Gasteiger partial charge is 0.496 e. The molecule has 4 N–H and O–H groups in total. The van der Waals surface area contributed by atoms with Gasteiger partial charge >= 0.3 is 5.97 Å². The van der Waals surface area contributed by atoms with Crippen LogP contribution in [0.25, 0.3) is 11.1 Å². The van der Waals surface area contributed by atoms with E-state index < -0.39 is 35.9 Å². The van der Waals surface area contributed by atoms with Crippen LogP contribution >= 0.6 is 0 Å². The van der Waals surface area contributed by atoms with Crippen molar-refractivity contribution >= 4 is 17.8 Å². The van der Waals surface area contributed by atoms with Gasteiger partial charge in [0.2, 0.25) is 11.8 Å². The SMILES string of the molecule is CN[C@@H]1C(=O)N[C@@H](C)C(=O)N[C@H](C(=O)O)Cc2ccc(OC)c(c2)-c2cc1ccc2OC. The molecule has 9 heteroatoms. The lowest BCUT2D eigenvalue weighted by atomic mass is 9.94. The van der Waals surface area contributed by atoms with E-state index in [1.54, 1.807) is 45.5 Å². The van der Waals surface area contributed by atoms with Crippen LogP contribution in [0.5, 0.6) is 11.5 Å². The minimum absolute atomic E-state index is 0.0554. The molecule has 0 fully saturated rings. The van der Waals surface area contributed by atoms with Crippen molar-refractivity contribution in [3.8, 4) is 22.6 Å². The number of likely N-dealkylation sites (N-methyl/N-ethyl adjacent to an activating group) is 1. The summed E-state index contributed by atoms with van der Waals surface area (Å²) in [4.78, 5) is 37.3. The summed E-state index contributed by atoms with van der Waals surface area (Å²) in [7, 11) is 4.73. The number of carbonyl (C=O) groups excluding carboxylic acids is 2. The number of hydrogen-bond donors (Lipinski definition) is 4. The lowest BCUT2D eigenvalue weighted by Crippen LogP contribution is -2.52. The zero-order valence-corrected chi connectivity index (χ0v) is 18.4. The van der Waals surface area contributed by atoms with Crippen LogP contribution in [0, 0.1) is 0 Å². The van der Waals surface area contributed by atoms with Gasteiger partial charge in [-0.2, -0.15) is 0 Å². The number of fused-ring (bicyclic) bond motifs is 5. The second-order valence-electron chi connectivity index (χ2n) is 7.55. The van der Waals surface area contributed by atoms with Crippen LogP contribution < -0.4 is 25.4 Å². The molecule has 170 valence electrons. The summed E-state index contributed by atoms with van der Waals surface area (Å²) >= 11 is 0. The average Bonchev–Trinajstić information content (AvgIpc) is 2.78. The Morgan fingerprint density at radius 2 is 1.62 bits per heavy atom. The summed E-state index contributed by atoms with van der Waals surface area (Å²) < 4.78 is 11.1. The third kappa shape index (κ3) is 4.67. The molecule has 0 radical (unpaired) electrons. The summed E-state index contributed by atoms with van der Waals surface area (Å²) in [5, 5.41) is 17.8. The highest BCUT2D eigenvalue weighted by Crippen LogP contribution is 2.39. The molecular formula is C23H27N3O6. The van der Waals surface area contributed by atoms with Crippen LogP contribution in [0.15, 0.2) is 36.4 Å². The van der Waals surface area contributed by atoms with Gasteiger partial charge in [-0.05, 0) is 49.4 Å². The van der Waals surface area contributed by atoms with Crippen molar-refractivity contribution in [1.82, 2.24) is 16.0 Å². The van der Waals surface area contributed by atoms with Crippen molar-refractivity contribution in [2.75, 3.05) is 21.3 Å². The highest BCUT2D eigenvalue weighted by molar-refractivity contribution is 5.92. The number of nitrogens with one attached hydrogen (secondary N) is 3. The molecule has 3 rings (SSSR count). The van der Waals surface area contributed by atoms with E-state index in [0.717, 1.165) is 0 Å². The molecule has 0 aromatic heterocycles. The van der Waals surface area contributed by atoms with Crippen molar-refractivity contribution in [1.29, 1.82) is 0 Å². The highest BCUT2D eigenvalue weighted by Gasteiger charge is 2.28. The smallest absolute Gasteiger partial charge is 0.326 e. The van der Waals surface area contributed by atoms with Crippen molar-refractivity contribution in [3.63, 3.8) is 0 Å². The van der Waals surface area contributed by atoms with Crippen LogP contribution in [-0.2, 0) is 20.8 Å². The molecule has 1 aliphatic heterocycles. The first kappa shape index (κ1) is 23.1. The van der Waals surface area contributed by atoms with Crippen molar-refractivity contribution < 1.29 is 29.0 Å². The first-order valence-corrected chi connectivity index (χ1v) is 10.1. The van der Waals surface area contributed by atoms with Gasteiger partial charge in [-0.3, -0.25) is 9.59 Å². The fourth-order valence-electron chi connectivity index (χ4n) is 3.75. The van der Waals surface area contributed by atoms with Gasteiger partial charge in [0.15, 0.2) is 0 Å². The number of carbonyl (C=O) groups is 3. The topological polar surface area (TPSA) is 126 Å². The predicted molar refractivity (Wildman–Crippen MR) is 118 cm³/mol. The Kier molecular flexibility index (Phi) is 6.99. The molecular weight excluding hydrogens is 414 g/mol. The van der Waals surface area contributed by atoms with Crippen LogP contribution in [-0.4, -0.2) is 56.2 Å². The number of ether oxygens (including phenoxy) is 2. The van der Waals surface area contributed by atoms with E-state index in [0.29, 0.717) is 33.8 Å². The molecule has 0 unspecified atom stereocenters.